The zero-order valence-electron chi connectivity index (χ0n) is 24.2. The fourth-order valence-corrected chi connectivity index (χ4v) is 6.12. The molecule has 1 N–H and O–H groups in total. The number of nitrogens with one attached hydrogen (secondary N) is 1. The second-order valence-electron chi connectivity index (χ2n) is 10.4. The molecule has 9 heteroatoms. The number of hydrogen-bond donors (Lipinski definition) is 1. The molecule has 0 radical (unpaired) electrons. The third-order valence-corrected chi connectivity index (χ3v) is 8.35. The number of fused-ring (bicyclic) bond motifs is 4. The number of nitrogens with zero attached hydrogens (tertiary/aromatic N) is 5. The number of aromatic nitrogens is 2. The first-order chi connectivity index (χ1) is 21.0. The minimum atomic E-state index is -0.344. The minimum absolute atomic E-state index is 0.344. The Bertz CT molecular complexity index is 1930. The molecule has 0 aliphatic carbocycles. The molecule has 0 bridgehead atoms. The van der Waals surface area contributed by atoms with Crippen molar-refractivity contribution >= 4 is 50.5 Å². The van der Waals surface area contributed by atoms with Crippen molar-refractivity contribution in [3.8, 4) is 17.2 Å². The highest BCUT2D eigenvalue weighted by Crippen LogP contribution is 2.51. The third kappa shape index (κ3) is 4.47. The molecule has 0 saturated carbocycles. The number of hydrogen-bond acceptors (Lipinski definition) is 7. The number of para-hydroxylation sites is 4. The zero-order chi connectivity index (χ0) is 29.7. The van der Waals surface area contributed by atoms with E-state index in [0.29, 0.717) is 23.2 Å². The van der Waals surface area contributed by atoms with Gasteiger partial charge in [0.15, 0.2) is 29.0 Å². The van der Waals surface area contributed by atoms with Crippen molar-refractivity contribution in [3.05, 3.63) is 118 Å². The molecule has 2 aliphatic rings. The van der Waals surface area contributed by atoms with Crippen molar-refractivity contribution in [2.24, 2.45) is 9.98 Å². The molecule has 0 fully saturated rings. The van der Waals surface area contributed by atoms with E-state index in [4.69, 9.17) is 24.6 Å². The van der Waals surface area contributed by atoms with Crippen molar-refractivity contribution in [1.82, 2.24) is 9.78 Å². The number of aryl methyl sites for hydroxylation is 2. The van der Waals surface area contributed by atoms with Gasteiger partial charge in [-0.25, -0.2) is 14.7 Å². The fraction of sp³-hybridized carbons (Fsp3) is 0.147. The van der Waals surface area contributed by atoms with Gasteiger partial charge in [0.1, 0.15) is 0 Å². The molecular formula is C34H29BrN6O2. The Kier molecular flexibility index (Phi) is 6.74. The van der Waals surface area contributed by atoms with Crippen LogP contribution in [0.15, 0.2) is 105 Å². The van der Waals surface area contributed by atoms with E-state index < -0.39 is 0 Å². The van der Waals surface area contributed by atoms with Crippen molar-refractivity contribution in [1.29, 1.82) is 0 Å². The summed E-state index contributed by atoms with van der Waals surface area (Å²) in [7, 11) is 3.33. The normalized spacial score (nSPS) is 15.1. The highest BCUT2D eigenvalue weighted by Gasteiger charge is 2.43. The van der Waals surface area contributed by atoms with Crippen molar-refractivity contribution < 1.29 is 9.47 Å². The average molecular weight is 634 g/mol. The summed E-state index contributed by atoms with van der Waals surface area (Å²) in [5, 5.41) is 8.63. The van der Waals surface area contributed by atoms with Crippen molar-refractivity contribution in [2.75, 3.05) is 24.4 Å². The first-order valence-electron chi connectivity index (χ1n) is 13.9. The van der Waals surface area contributed by atoms with Crippen LogP contribution in [-0.2, 0) is 0 Å². The van der Waals surface area contributed by atoms with Gasteiger partial charge in [0.05, 0.1) is 43.0 Å². The monoisotopic (exact) mass is 632 g/mol. The van der Waals surface area contributed by atoms with Gasteiger partial charge in [-0.3, -0.25) is 0 Å². The summed E-state index contributed by atoms with van der Waals surface area (Å²) < 4.78 is 14.7. The maximum Gasteiger partial charge on any atom is 0.179 e. The molecule has 4 aromatic carbocycles. The van der Waals surface area contributed by atoms with E-state index in [1.54, 1.807) is 14.2 Å². The van der Waals surface area contributed by atoms with Crippen LogP contribution in [0.2, 0.25) is 0 Å². The van der Waals surface area contributed by atoms with Gasteiger partial charge >= 0.3 is 0 Å². The van der Waals surface area contributed by atoms with E-state index in [2.05, 4.69) is 57.3 Å². The van der Waals surface area contributed by atoms with Gasteiger partial charge in [0.25, 0.3) is 0 Å². The first kappa shape index (κ1) is 27.0. The van der Waals surface area contributed by atoms with Crippen LogP contribution in [0.5, 0.6) is 11.5 Å². The summed E-state index contributed by atoms with van der Waals surface area (Å²) in [5.74, 6) is 3.37. The average Bonchev–Trinajstić information content (AvgIpc) is 3.36. The van der Waals surface area contributed by atoms with E-state index in [1.165, 1.54) is 0 Å². The van der Waals surface area contributed by atoms with Crippen molar-refractivity contribution in [3.63, 3.8) is 0 Å². The lowest BCUT2D eigenvalue weighted by atomic mass is 9.92. The molecular weight excluding hydrogens is 604 g/mol. The van der Waals surface area contributed by atoms with E-state index in [9.17, 15) is 0 Å². The Morgan fingerprint density at radius 2 is 1.53 bits per heavy atom. The number of amidine groups is 2. The lowest BCUT2D eigenvalue weighted by Gasteiger charge is -2.41. The molecule has 43 heavy (non-hydrogen) atoms. The van der Waals surface area contributed by atoms with Crippen LogP contribution in [0.1, 0.15) is 28.4 Å². The summed E-state index contributed by atoms with van der Waals surface area (Å²) in [6.45, 7) is 4.13. The fourth-order valence-electron chi connectivity index (χ4n) is 5.86. The Morgan fingerprint density at radius 1 is 0.791 bits per heavy atom. The molecule has 0 amide bonds. The van der Waals surface area contributed by atoms with Gasteiger partial charge in [0.2, 0.25) is 0 Å². The summed E-state index contributed by atoms with van der Waals surface area (Å²) in [4.78, 5) is 12.7. The molecule has 1 atom stereocenters. The second-order valence-corrected chi connectivity index (χ2v) is 11.3. The van der Waals surface area contributed by atoms with Gasteiger partial charge in [0, 0.05) is 21.3 Å². The Hall–Kier alpha value is -4.89. The number of ether oxygens (including phenoxy) is 2. The molecule has 1 unspecified atom stereocenters. The van der Waals surface area contributed by atoms with Crippen LogP contribution in [0.25, 0.3) is 5.69 Å². The van der Waals surface area contributed by atoms with Crippen LogP contribution in [0.4, 0.5) is 22.9 Å². The molecule has 2 aliphatic heterocycles. The predicted octanol–water partition coefficient (Wildman–Crippen LogP) is 8.06. The Morgan fingerprint density at radius 3 is 2.28 bits per heavy atom. The van der Waals surface area contributed by atoms with Gasteiger partial charge in [-0.15, -0.1) is 0 Å². The van der Waals surface area contributed by atoms with E-state index in [-0.39, 0.29) is 6.04 Å². The van der Waals surface area contributed by atoms with Crippen LogP contribution in [0.3, 0.4) is 0 Å². The maximum atomic E-state index is 6.02. The van der Waals surface area contributed by atoms with Gasteiger partial charge < -0.3 is 19.7 Å². The lowest BCUT2D eigenvalue weighted by molar-refractivity contribution is 0.350. The van der Waals surface area contributed by atoms with Crippen LogP contribution in [0, 0.1) is 13.8 Å². The summed E-state index contributed by atoms with van der Waals surface area (Å²) in [6, 6.07) is 30.0. The smallest absolute Gasteiger partial charge is 0.179 e. The molecule has 0 spiro atoms. The molecule has 0 saturated heterocycles. The van der Waals surface area contributed by atoms with E-state index in [1.807, 2.05) is 78.3 Å². The molecule has 214 valence electrons. The Labute approximate surface area is 258 Å². The number of aliphatic imine (C=N–C) groups is 2. The van der Waals surface area contributed by atoms with E-state index in [0.717, 1.165) is 55.4 Å². The molecule has 7 rings (SSSR count). The number of methoxy groups -OCH3 is 2. The standard InChI is InChI=1S/C34H29BrN6O2/c1-20-10-5-7-13-26(20)41-33-29(21(2)39-41)30(24-11-9-15-28(42-3)31(24)43-4)40-27-14-8-6-12-25(27)37-32(34(40)38-33)36-23-18-16-22(35)17-19-23/h5-19,30H,1-4H3,(H,36,37). The first-order valence-corrected chi connectivity index (χ1v) is 14.7. The summed E-state index contributed by atoms with van der Waals surface area (Å²) >= 11 is 3.54. The molecule has 1 aromatic heterocycles. The number of rotatable bonds is 5. The van der Waals surface area contributed by atoms with Crippen LogP contribution in [-0.4, -0.2) is 35.7 Å². The summed E-state index contributed by atoms with van der Waals surface area (Å²) in [6.07, 6.45) is 0. The summed E-state index contributed by atoms with van der Waals surface area (Å²) in [5.41, 5.74) is 7.53. The molecule has 3 heterocycles. The quantitative estimate of drug-likeness (QED) is 0.212. The number of halogens is 1. The van der Waals surface area contributed by atoms with Gasteiger partial charge in [-0.05, 0) is 67.9 Å². The predicted molar refractivity (Wildman–Crippen MR) is 175 cm³/mol. The van der Waals surface area contributed by atoms with Crippen molar-refractivity contribution in [2.45, 2.75) is 19.9 Å². The highest BCUT2D eigenvalue weighted by atomic mass is 79.9. The minimum Gasteiger partial charge on any atom is -0.493 e. The molecule has 8 nitrogen and oxygen atoms in total. The SMILES string of the molecule is COc1cccc(C2c3c(C)nn(-c4ccccc4C)c3N=C3C(Nc4ccc(Br)cc4)=Nc4ccccc4N32)c1OC. The molecule has 5 aromatic rings. The second kappa shape index (κ2) is 10.7. The maximum absolute atomic E-state index is 6.02. The lowest BCUT2D eigenvalue weighted by Crippen LogP contribution is -2.46. The van der Waals surface area contributed by atoms with Gasteiger partial charge in [-0.2, -0.15) is 5.10 Å². The van der Waals surface area contributed by atoms with Crippen LogP contribution >= 0.6 is 15.9 Å². The topological polar surface area (TPSA) is 76.3 Å². The largest absolute Gasteiger partial charge is 0.493 e. The van der Waals surface area contributed by atoms with E-state index >= 15 is 0 Å². The van der Waals surface area contributed by atoms with Gasteiger partial charge in [-0.1, -0.05) is 58.4 Å². The number of anilines is 2. The number of benzene rings is 4. The van der Waals surface area contributed by atoms with Crippen LogP contribution < -0.4 is 19.7 Å². The highest BCUT2D eigenvalue weighted by molar-refractivity contribution is 9.10. The zero-order valence-corrected chi connectivity index (χ0v) is 25.8. The Balaban J connectivity index is 1.53. The third-order valence-electron chi connectivity index (χ3n) is 7.82.